The van der Waals surface area contributed by atoms with E-state index >= 15 is 0 Å². The van der Waals surface area contributed by atoms with Crippen LogP contribution in [0.2, 0.25) is 0 Å². The normalized spacial score (nSPS) is 13.1. The first-order chi connectivity index (χ1) is 9.26. The molecule has 2 heterocycles. The Morgan fingerprint density at radius 2 is 2.11 bits per heavy atom. The number of fused-ring (bicyclic) bond motifs is 1. The van der Waals surface area contributed by atoms with Crippen molar-refractivity contribution in [2.45, 2.75) is 11.5 Å². The molecule has 1 aromatic carbocycles. The van der Waals surface area contributed by atoms with Crippen LogP contribution in [0.15, 0.2) is 29.1 Å². The minimum absolute atomic E-state index is 0.0500. The van der Waals surface area contributed by atoms with Crippen LogP contribution in [0.4, 0.5) is 11.6 Å². The second-order valence-electron chi connectivity index (χ2n) is 4.19. The predicted molar refractivity (Wildman–Crippen MR) is 76.1 cm³/mol. The molecular weight excluding hydrogens is 262 g/mol. The number of ether oxygens (including phenoxy) is 1. The minimum Gasteiger partial charge on any atom is -0.497 e. The monoisotopic (exact) mass is 275 g/mol. The highest BCUT2D eigenvalue weighted by molar-refractivity contribution is 7.98. The molecule has 0 unspecified atom stereocenters. The van der Waals surface area contributed by atoms with Crippen LogP contribution in [0.3, 0.4) is 0 Å². The smallest absolute Gasteiger partial charge is 0.256 e. The molecule has 98 valence electrons. The van der Waals surface area contributed by atoms with Crippen LogP contribution in [0.5, 0.6) is 5.75 Å². The van der Waals surface area contributed by atoms with E-state index in [1.165, 1.54) is 0 Å². The second kappa shape index (κ2) is 4.97. The number of nitrogens with zero attached hydrogens (tertiary/aromatic N) is 1. The number of aromatic amines is 1. The number of anilines is 2. The molecule has 0 saturated carbocycles. The molecule has 0 atom stereocenters. The first-order valence-electron chi connectivity index (χ1n) is 5.87. The molecule has 2 aromatic rings. The number of thioether (sulfide) groups is 1. The average Bonchev–Trinajstić information content (AvgIpc) is 2.88. The molecule has 0 fully saturated rings. The Labute approximate surface area is 114 Å². The molecule has 6 heteroatoms. The van der Waals surface area contributed by atoms with E-state index in [2.05, 4.69) is 15.3 Å². The zero-order valence-electron chi connectivity index (χ0n) is 10.4. The van der Waals surface area contributed by atoms with Crippen molar-refractivity contribution in [1.82, 2.24) is 9.97 Å². The van der Waals surface area contributed by atoms with Gasteiger partial charge < -0.3 is 10.1 Å². The van der Waals surface area contributed by atoms with Crippen LogP contribution in [-0.4, -0.2) is 17.1 Å². The lowest BCUT2D eigenvalue weighted by molar-refractivity contribution is 0.415. The molecule has 2 N–H and O–H groups in total. The summed E-state index contributed by atoms with van der Waals surface area (Å²) in [5.74, 6) is 2.82. The van der Waals surface area contributed by atoms with Crippen LogP contribution in [0.1, 0.15) is 11.3 Å². The molecule has 0 aliphatic carbocycles. The number of H-pyrrole nitrogens is 1. The van der Waals surface area contributed by atoms with Gasteiger partial charge in [0, 0.05) is 22.8 Å². The van der Waals surface area contributed by atoms with Gasteiger partial charge in [0.25, 0.3) is 5.56 Å². The molecular formula is C13H13N3O2S. The molecule has 0 amide bonds. The third kappa shape index (κ3) is 2.44. The van der Waals surface area contributed by atoms with Crippen molar-refractivity contribution in [3.63, 3.8) is 0 Å². The van der Waals surface area contributed by atoms with E-state index in [4.69, 9.17) is 4.74 Å². The second-order valence-corrected chi connectivity index (χ2v) is 5.17. The third-order valence-corrected chi connectivity index (χ3v) is 3.91. The van der Waals surface area contributed by atoms with Crippen LogP contribution < -0.4 is 15.6 Å². The maximum absolute atomic E-state index is 11.9. The van der Waals surface area contributed by atoms with E-state index in [0.717, 1.165) is 34.2 Å². The van der Waals surface area contributed by atoms with Crippen molar-refractivity contribution in [3.05, 3.63) is 45.9 Å². The van der Waals surface area contributed by atoms with Crippen molar-refractivity contribution in [2.75, 3.05) is 12.4 Å². The van der Waals surface area contributed by atoms with E-state index in [1.54, 1.807) is 18.9 Å². The van der Waals surface area contributed by atoms with Gasteiger partial charge in [0.2, 0.25) is 5.95 Å². The zero-order valence-corrected chi connectivity index (χ0v) is 11.2. The van der Waals surface area contributed by atoms with Gasteiger partial charge in [0.05, 0.1) is 12.8 Å². The predicted octanol–water partition coefficient (Wildman–Crippen LogP) is 2.27. The first-order valence-corrected chi connectivity index (χ1v) is 7.02. The summed E-state index contributed by atoms with van der Waals surface area (Å²) < 4.78 is 5.10. The Bertz CT molecular complexity index is 652. The molecule has 5 nitrogen and oxygen atoms in total. The number of hydrogen-bond donors (Lipinski definition) is 2. The summed E-state index contributed by atoms with van der Waals surface area (Å²) in [4.78, 5) is 19.0. The fourth-order valence-corrected chi connectivity index (χ4v) is 2.97. The van der Waals surface area contributed by atoms with E-state index < -0.39 is 0 Å². The number of aromatic nitrogens is 2. The quantitative estimate of drug-likeness (QED) is 0.899. The van der Waals surface area contributed by atoms with E-state index in [-0.39, 0.29) is 5.56 Å². The number of benzene rings is 1. The van der Waals surface area contributed by atoms with Crippen molar-refractivity contribution < 1.29 is 4.74 Å². The molecule has 0 radical (unpaired) electrons. The summed E-state index contributed by atoms with van der Waals surface area (Å²) in [7, 11) is 1.62. The molecule has 3 rings (SSSR count). The van der Waals surface area contributed by atoms with Gasteiger partial charge >= 0.3 is 0 Å². The fourth-order valence-electron chi connectivity index (χ4n) is 1.93. The molecule has 1 aromatic heterocycles. The van der Waals surface area contributed by atoms with E-state index in [1.807, 2.05) is 24.3 Å². The number of rotatable bonds is 3. The van der Waals surface area contributed by atoms with Gasteiger partial charge in [-0.15, -0.1) is 0 Å². The lowest BCUT2D eigenvalue weighted by Crippen LogP contribution is -2.16. The van der Waals surface area contributed by atoms with Crippen LogP contribution in [0, 0.1) is 0 Å². The van der Waals surface area contributed by atoms with Gasteiger partial charge in [-0.05, 0) is 24.3 Å². The van der Waals surface area contributed by atoms with Gasteiger partial charge in [0.1, 0.15) is 5.75 Å². The average molecular weight is 275 g/mol. The van der Waals surface area contributed by atoms with Crippen molar-refractivity contribution in [1.29, 1.82) is 0 Å². The summed E-state index contributed by atoms with van der Waals surface area (Å²) in [6.07, 6.45) is 0. The standard InChI is InChI=1S/C13H13N3O2S/c1-18-9-4-2-8(3-5-9)14-13-15-11-7-19-6-10(11)12(17)16-13/h2-5H,6-7H2,1H3,(H2,14,15,16,17). The van der Waals surface area contributed by atoms with Crippen molar-refractivity contribution in [2.24, 2.45) is 0 Å². The Balaban J connectivity index is 1.87. The zero-order chi connectivity index (χ0) is 13.2. The number of nitrogens with one attached hydrogen (secondary N) is 2. The number of hydrogen-bond acceptors (Lipinski definition) is 5. The lowest BCUT2D eigenvalue weighted by atomic mass is 10.3. The number of methoxy groups -OCH3 is 1. The summed E-state index contributed by atoms with van der Waals surface area (Å²) >= 11 is 1.71. The fraction of sp³-hybridized carbons (Fsp3) is 0.231. The Morgan fingerprint density at radius 1 is 1.32 bits per heavy atom. The summed E-state index contributed by atoms with van der Waals surface area (Å²) in [6, 6.07) is 7.45. The molecule has 0 spiro atoms. The SMILES string of the molecule is COc1ccc(Nc2nc3c(c(=O)[nH]2)CSC3)cc1. The molecule has 1 aliphatic heterocycles. The van der Waals surface area contributed by atoms with Crippen LogP contribution >= 0.6 is 11.8 Å². The summed E-state index contributed by atoms with van der Waals surface area (Å²) in [5.41, 5.74) is 2.48. The Hall–Kier alpha value is -1.95. The molecule has 0 saturated heterocycles. The Kier molecular flexibility index (Phi) is 3.16. The molecule has 1 aliphatic rings. The largest absolute Gasteiger partial charge is 0.497 e. The highest BCUT2D eigenvalue weighted by atomic mass is 32.2. The van der Waals surface area contributed by atoms with Gasteiger partial charge in [-0.25, -0.2) is 4.98 Å². The maximum atomic E-state index is 11.9. The summed E-state index contributed by atoms with van der Waals surface area (Å²) in [6.45, 7) is 0. The highest BCUT2D eigenvalue weighted by Crippen LogP contribution is 2.26. The lowest BCUT2D eigenvalue weighted by Gasteiger charge is -2.07. The molecule has 19 heavy (non-hydrogen) atoms. The van der Waals surface area contributed by atoms with Gasteiger partial charge in [-0.3, -0.25) is 9.78 Å². The van der Waals surface area contributed by atoms with Crippen molar-refractivity contribution >= 4 is 23.4 Å². The van der Waals surface area contributed by atoms with Crippen LogP contribution in [-0.2, 0) is 11.5 Å². The Morgan fingerprint density at radius 3 is 2.84 bits per heavy atom. The van der Waals surface area contributed by atoms with Crippen LogP contribution in [0.25, 0.3) is 0 Å². The first kappa shape index (κ1) is 12.1. The van der Waals surface area contributed by atoms with Gasteiger partial charge in [-0.1, -0.05) is 0 Å². The third-order valence-electron chi connectivity index (χ3n) is 2.94. The highest BCUT2D eigenvalue weighted by Gasteiger charge is 2.17. The van der Waals surface area contributed by atoms with Gasteiger partial charge in [0.15, 0.2) is 0 Å². The summed E-state index contributed by atoms with van der Waals surface area (Å²) in [5, 5.41) is 3.09. The van der Waals surface area contributed by atoms with E-state index in [9.17, 15) is 4.79 Å². The topological polar surface area (TPSA) is 67.0 Å². The maximum Gasteiger partial charge on any atom is 0.256 e. The minimum atomic E-state index is -0.0500. The van der Waals surface area contributed by atoms with E-state index in [0.29, 0.717) is 5.95 Å². The molecule has 0 bridgehead atoms. The van der Waals surface area contributed by atoms with Crippen molar-refractivity contribution in [3.8, 4) is 5.75 Å². The van der Waals surface area contributed by atoms with Gasteiger partial charge in [-0.2, -0.15) is 11.8 Å².